The highest BCUT2D eigenvalue weighted by molar-refractivity contribution is 8.00. The summed E-state index contributed by atoms with van der Waals surface area (Å²) < 4.78 is 1.50. The Morgan fingerprint density at radius 2 is 2.32 bits per heavy atom. The van der Waals surface area contributed by atoms with E-state index < -0.39 is 0 Å². The second-order valence-electron chi connectivity index (χ2n) is 5.26. The number of benzene rings is 1. The van der Waals surface area contributed by atoms with Crippen molar-refractivity contribution in [2.45, 2.75) is 37.0 Å². The van der Waals surface area contributed by atoms with Gasteiger partial charge in [-0.25, -0.2) is 4.98 Å². The average molecular weight is 293 g/mol. The van der Waals surface area contributed by atoms with Gasteiger partial charge in [0, 0.05) is 17.2 Å². The van der Waals surface area contributed by atoms with Crippen LogP contribution < -0.4 is 11.3 Å². The molecule has 1 aromatic carbocycles. The maximum atomic E-state index is 5.79. The van der Waals surface area contributed by atoms with E-state index in [0.29, 0.717) is 6.04 Å². The first-order chi connectivity index (χ1) is 9.21. The Bertz CT molecular complexity index is 528. The molecule has 19 heavy (non-hydrogen) atoms. The second kappa shape index (κ2) is 5.40. The van der Waals surface area contributed by atoms with Crippen LogP contribution in [0.15, 0.2) is 24.3 Å². The van der Waals surface area contributed by atoms with Crippen LogP contribution in [0.1, 0.15) is 24.8 Å². The fourth-order valence-corrected chi connectivity index (χ4v) is 5.12. The summed E-state index contributed by atoms with van der Waals surface area (Å²) in [7, 11) is 0. The molecule has 2 atom stereocenters. The minimum Gasteiger partial charge on any atom is -0.271 e. The van der Waals surface area contributed by atoms with E-state index in [4.69, 9.17) is 10.8 Å². The van der Waals surface area contributed by atoms with E-state index >= 15 is 0 Å². The predicted molar refractivity (Wildman–Crippen MR) is 84.5 cm³/mol. The lowest BCUT2D eigenvalue weighted by Crippen LogP contribution is -2.49. The largest absolute Gasteiger partial charge is 0.271 e. The van der Waals surface area contributed by atoms with Crippen LogP contribution in [-0.4, -0.2) is 21.5 Å². The first-order valence-corrected chi connectivity index (χ1v) is 8.46. The highest BCUT2D eigenvalue weighted by atomic mass is 32.2. The zero-order chi connectivity index (χ0) is 13.3. The van der Waals surface area contributed by atoms with Gasteiger partial charge in [0.25, 0.3) is 0 Å². The summed E-state index contributed by atoms with van der Waals surface area (Å²) in [6, 6.07) is 8.61. The van der Waals surface area contributed by atoms with Crippen LogP contribution in [-0.2, 0) is 6.42 Å². The third-order valence-corrected chi connectivity index (χ3v) is 6.60. The van der Waals surface area contributed by atoms with Gasteiger partial charge in [-0.1, -0.05) is 12.1 Å². The van der Waals surface area contributed by atoms with E-state index in [1.54, 1.807) is 11.3 Å². The minimum absolute atomic E-state index is 0.243. The van der Waals surface area contributed by atoms with Crippen molar-refractivity contribution in [1.29, 1.82) is 0 Å². The molecule has 0 bridgehead atoms. The van der Waals surface area contributed by atoms with E-state index in [0.717, 1.165) is 11.9 Å². The van der Waals surface area contributed by atoms with Crippen molar-refractivity contribution in [3.8, 4) is 0 Å². The number of hydrazine groups is 1. The zero-order valence-electron chi connectivity index (χ0n) is 11.1. The Hall–Kier alpha value is -0.620. The number of nitrogens with one attached hydrogen (secondary N) is 1. The minimum atomic E-state index is 0.243. The normalized spacial score (nSPS) is 24.9. The average Bonchev–Trinajstić information content (AvgIpc) is 3.02. The first-order valence-electron chi connectivity index (χ1n) is 6.66. The number of hydrogen-bond acceptors (Lipinski definition) is 5. The van der Waals surface area contributed by atoms with Crippen LogP contribution in [0.5, 0.6) is 0 Å². The molecule has 3 N–H and O–H groups in total. The molecule has 0 aliphatic carbocycles. The van der Waals surface area contributed by atoms with E-state index in [1.807, 2.05) is 17.8 Å². The summed E-state index contributed by atoms with van der Waals surface area (Å²) in [6.45, 7) is 2.32. The number of nitrogens with zero attached hydrogens (tertiary/aromatic N) is 1. The quantitative estimate of drug-likeness (QED) is 0.672. The maximum Gasteiger partial charge on any atom is 0.0955 e. The zero-order valence-corrected chi connectivity index (χ0v) is 12.7. The maximum absolute atomic E-state index is 5.79. The number of para-hydroxylation sites is 1. The van der Waals surface area contributed by atoms with Crippen molar-refractivity contribution >= 4 is 33.3 Å². The number of thioether (sulfide) groups is 1. The molecule has 1 aliphatic heterocycles. The second-order valence-corrected chi connectivity index (χ2v) is 8.01. The van der Waals surface area contributed by atoms with Crippen LogP contribution in [0.2, 0.25) is 0 Å². The molecule has 102 valence electrons. The van der Waals surface area contributed by atoms with Gasteiger partial charge in [-0.05, 0) is 37.7 Å². The van der Waals surface area contributed by atoms with Crippen molar-refractivity contribution in [1.82, 2.24) is 10.4 Å². The number of thiazole rings is 1. The number of aromatic nitrogens is 1. The Morgan fingerprint density at radius 3 is 3.00 bits per heavy atom. The lowest BCUT2D eigenvalue weighted by Gasteiger charge is -2.32. The van der Waals surface area contributed by atoms with Crippen LogP contribution in [0.4, 0.5) is 0 Å². The van der Waals surface area contributed by atoms with Gasteiger partial charge in [0.2, 0.25) is 0 Å². The fraction of sp³-hybridized carbons (Fsp3) is 0.500. The van der Waals surface area contributed by atoms with Crippen LogP contribution >= 0.6 is 23.1 Å². The van der Waals surface area contributed by atoms with Gasteiger partial charge in [0.1, 0.15) is 0 Å². The van der Waals surface area contributed by atoms with Crippen LogP contribution in [0.25, 0.3) is 10.2 Å². The molecule has 5 heteroatoms. The van der Waals surface area contributed by atoms with E-state index in [9.17, 15) is 0 Å². The molecule has 2 unspecified atom stereocenters. The number of nitrogens with two attached hydrogens (primary N) is 1. The topological polar surface area (TPSA) is 50.9 Å². The molecule has 0 saturated carbocycles. The third kappa shape index (κ3) is 2.65. The molecule has 0 radical (unpaired) electrons. The SMILES string of the molecule is CC1(C(Cc2nc3ccccc3s2)NN)CCCS1. The van der Waals surface area contributed by atoms with Gasteiger partial charge in [-0.3, -0.25) is 11.3 Å². The molecule has 2 heterocycles. The van der Waals surface area contributed by atoms with Crippen molar-refractivity contribution in [3.63, 3.8) is 0 Å². The van der Waals surface area contributed by atoms with Crippen molar-refractivity contribution in [3.05, 3.63) is 29.3 Å². The van der Waals surface area contributed by atoms with Crippen molar-refractivity contribution in [2.24, 2.45) is 5.84 Å². The molecular weight excluding hydrogens is 274 g/mol. The Balaban J connectivity index is 1.82. The molecule has 1 fully saturated rings. The summed E-state index contributed by atoms with van der Waals surface area (Å²) >= 11 is 3.82. The van der Waals surface area contributed by atoms with Gasteiger partial charge in [-0.2, -0.15) is 11.8 Å². The van der Waals surface area contributed by atoms with Crippen LogP contribution in [0.3, 0.4) is 0 Å². The Kier molecular flexibility index (Phi) is 3.80. The molecular formula is C14H19N3S2. The summed E-state index contributed by atoms with van der Waals surface area (Å²) in [6.07, 6.45) is 3.44. The molecule has 0 amide bonds. The van der Waals surface area contributed by atoms with Crippen molar-refractivity contribution < 1.29 is 0 Å². The molecule has 1 aromatic heterocycles. The number of rotatable bonds is 4. The highest BCUT2D eigenvalue weighted by Crippen LogP contribution is 2.41. The molecule has 3 rings (SSSR count). The Labute approximate surface area is 122 Å². The molecule has 1 aliphatic rings. The lowest BCUT2D eigenvalue weighted by molar-refractivity contribution is 0.405. The smallest absolute Gasteiger partial charge is 0.0955 e. The monoisotopic (exact) mass is 293 g/mol. The van der Waals surface area contributed by atoms with Gasteiger partial charge >= 0.3 is 0 Å². The predicted octanol–water partition coefficient (Wildman–Crippen LogP) is 2.96. The molecule has 3 nitrogen and oxygen atoms in total. The summed E-state index contributed by atoms with van der Waals surface area (Å²) in [5.74, 6) is 7.04. The van der Waals surface area contributed by atoms with Crippen molar-refractivity contribution in [2.75, 3.05) is 5.75 Å². The van der Waals surface area contributed by atoms with Gasteiger partial charge in [-0.15, -0.1) is 11.3 Å². The van der Waals surface area contributed by atoms with Crippen LogP contribution in [0, 0.1) is 0 Å². The fourth-order valence-electron chi connectivity index (χ4n) is 2.71. The summed E-state index contributed by atoms with van der Waals surface area (Å²) in [5.41, 5.74) is 4.12. The van der Waals surface area contributed by atoms with E-state index in [1.165, 1.54) is 28.3 Å². The van der Waals surface area contributed by atoms with Gasteiger partial charge in [0.15, 0.2) is 0 Å². The Morgan fingerprint density at radius 1 is 1.47 bits per heavy atom. The molecule has 1 saturated heterocycles. The molecule has 0 spiro atoms. The highest BCUT2D eigenvalue weighted by Gasteiger charge is 2.37. The lowest BCUT2D eigenvalue weighted by atomic mass is 9.94. The first kappa shape index (κ1) is 13.4. The molecule has 2 aromatic rings. The third-order valence-electron chi connectivity index (χ3n) is 3.90. The standard InChI is InChI=1S/C14H19N3S2/c1-14(7-4-8-18-14)12(17-15)9-13-16-10-5-2-3-6-11(10)19-13/h2-3,5-6,12,17H,4,7-9,15H2,1H3. The van der Waals surface area contributed by atoms with E-state index in [-0.39, 0.29) is 4.75 Å². The van der Waals surface area contributed by atoms with E-state index in [2.05, 4.69) is 30.5 Å². The van der Waals surface area contributed by atoms with Gasteiger partial charge in [0.05, 0.1) is 15.2 Å². The number of hydrogen-bond donors (Lipinski definition) is 2. The summed E-state index contributed by atoms with van der Waals surface area (Å²) in [5, 5.41) is 1.18. The summed E-state index contributed by atoms with van der Waals surface area (Å²) in [4.78, 5) is 4.72. The van der Waals surface area contributed by atoms with Gasteiger partial charge < -0.3 is 0 Å². The number of fused-ring (bicyclic) bond motifs is 1.